The quantitative estimate of drug-likeness (QED) is 0.782. The minimum absolute atomic E-state index is 0.330. The Bertz CT molecular complexity index is 1010. The van der Waals surface area contributed by atoms with Crippen LogP contribution in [0.25, 0.3) is 11.0 Å². The molecule has 2 aliphatic rings. The minimum atomic E-state index is 0.330. The minimum Gasteiger partial charge on any atom is -0.342 e. The van der Waals surface area contributed by atoms with Gasteiger partial charge in [0.15, 0.2) is 0 Å². The lowest BCUT2D eigenvalue weighted by Gasteiger charge is -2.21. The summed E-state index contributed by atoms with van der Waals surface area (Å²) < 4.78 is 2.31. The lowest BCUT2D eigenvalue weighted by Crippen LogP contribution is -2.31. The van der Waals surface area contributed by atoms with Crippen LogP contribution in [0.4, 0.5) is 5.95 Å². The molecule has 1 aliphatic heterocycles. The van der Waals surface area contributed by atoms with Crippen molar-refractivity contribution in [2.24, 2.45) is 17.6 Å². The molecule has 1 aliphatic carbocycles. The van der Waals surface area contributed by atoms with Crippen LogP contribution in [0.3, 0.4) is 0 Å². The number of rotatable bonds is 3. The number of hydrogen-bond donors (Lipinski definition) is 1. The van der Waals surface area contributed by atoms with Crippen molar-refractivity contribution in [1.29, 1.82) is 5.26 Å². The molecule has 1 aromatic heterocycles. The molecule has 3 unspecified atom stereocenters. The summed E-state index contributed by atoms with van der Waals surface area (Å²) in [6.45, 7) is 2.80. The monoisotopic (exact) mass is 357 g/mol. The Labute approximate surface area is 159 Å². The van der Waals surface area contributed by atoms with Crippen LogP contribution < -0.4 is 10.6 Å². The fourth-order valence-electron chi connectivity index (χ4n) is 4.80. The molecule has 2 N–H and O–H groups in total. The summed E-state index contributed by atoms with van der Waals surface area (Å²) >= 11 is 0. The first-order chi connectivity index (χ1) is 13.2. The van der Waals surface area contributed by atoms with Crippen LogP contribution in [0, 0.1) is 23.2 Å². The van der Waals surface area contributed by atoms with Gasteiger partial charge < -0.3 is 15.2 Å². The normalized spacial score (nSPS) is 24.3. The second-order valence-electron chi connectivity index (χ2n) is 7.87. The third kappa shape index (κ3) is 2.77. The molecule has 27 heavy (non-hydrogen) atoms. The van der Waals surface area contributed by atoms with Crippen LogP contribution in [0.5, 0.6) is 0 Å². The molecule has 1 saturated carbocycles. The lowest BCUT2D eigenvalue weighted by atomic mass is 9.98. The molecule has 136 valence electrons. The number of nitrogens with two attached hydrogens (primary N) is 1. The number of benzene rings is 2. The number of nitriles is 1. The van der Waals surface area contributed by atoms with Gasteiger partial charge in [-0.3, -0.25) is 0 Å². The molecular weight excluding hydrogens is 334 g/mol. The number of nitrogens with zero attached hydrogens (tertiary/aromatic N) is 4. The van der Waals surface area contributed by atoms with Gasteiger partial charge in [0.25, 0.3) is 0 Å². The van der Waals surface area contributed by atoms with E-state index >= 15 is 0 Å². The summed E-state index contributed by atoms with van der Waals surface area (Å²) in [6.07, 6.45) is 2.39. The van der Waals surface area contributed by atoms with E-state index in [1.807, 2.05) is 30.3 Å². The van der Waals surface area contributed by atoms with Gasteiger partial charge >= 0.3 is 0 Å². The molecule has 1 saturated heterocycles. The average Bonchev–Trinajstić information content (AvgIpc) is 3.37. The van der Waals surface area contributed by atoms with Gasteiger partial charge in [0.2, 0.25) is 5.95 Å². The Hall–Kier alpha value is -2.84. The molecule has 2 heterocycles. The van der Waals surface area contributed by atoms with Gasteiger partial charge in [-0.1, -0.05) is 24.3 Å². The summed E-state index contributed by atoms with van der Waals surface area (Å²) in [4.78, 5) is 7.40. The predicted octanol–water partition coefficient (Wildman–Crippen LogP) is 3.13. The van der Waals surface area contributed by atoms with Crippen molar-refractivity contribution in [2.75, 3.05) is 18.0 Å². The highest BCUT2D eigenvalue weighted by atomic mass is 15.3. The van der Waals surface area contributed by atoms with E-state index in [2.05, 4.69) is 33.7 Å². The first-order valence-electron chi connectivity index (χ1n) is 9.68. The van der Waals surface area contributed by atoms with E-state index in [-0.39, 0.29) is 0 Å². The van der Waals surface area contributed by atoms with Gasteiger partial charge in [-0.05, 0) is 54.5 Å². The SMILES string of the molecule is N#Cc1ccc(Cn2c(N3CC4CCC(N)C4C3)nc3ccccc32)cc1. The largest absolute Gasteiger partial charge is 0.342 e. The van der Waals surface area contributed by atoms with E-state index in [0.29, 0.717) is 23.4 Å². The first kappa shape index (κ1) is 16.3. The second kappa shape index (κ2) is 6.40. The first-order valence-corrected chi connectivity index (χ1v) is 9.68. The number of imidazole rings is 1. The van der Waals surface area contributed by atoms with Gasteiger partial charge in [-0.25, -0.2) is 4.98 Å². The number of hydrogen-bond acceptors (Lipinski definition) is 4. The van der Waals surface area contributed by atoms with E-state index < -0.39 is 0 Å². The third-order valence-corrected chi connectivity index (χ3v) is 6.25. The number of fused-ring (bicyclic) bond motifs is 2. The summed E-state index contributed by atoms with van der Waals surface area (Å²) in [5.74, 6) is 2.33. The average molecular weight is 357 g/mol. The Morgan fingerprint density at radius 2 is 1.89 bits per heavy atom. The van der Waals surface area contributed by atoms with Crippen LogP contribution in [0.1, 0.15) is 24.0 Å². The van der Waals surface area contributed by atoms with Crippen LogP contribution in [0.15, 0.2) is 48.5 Å². The topological polar surface area (TPSA) is 70.9 Å². The van der Waals surface area contributed by atoms with Crippen molar-refractivity contribution < 1.29 is 0 Å². The van der Waals surface area contributed by atoms with Gasteiger partial charge in [0.1, 0.15) is 0 Å². The molecule has 5 nitrogen and oxygen atoms in total. The van der Waals surface area contributed by atoms with Crippen LogP contribution in [-0.4, -0.2) is 28.7 Å². The van der Waals surface area contributed by atoms with Crippen LogP contribution in [-0.2, 0) is 6.54 Å². The van der Waals surface area contributed by atoms with Gasteiger partial charge in [-0.15, -0.1) is 0 Å². The van der Waals surface area contributed by atoms with E-state index in [4.69, 9.17) is 16.0 Å². The molecular formula is C22H23N5. The highest BCUT2D eigenvalue weighted by molar-refractivity contribution is 5.79. The maximum atomic E-state index is 9.03. The number of anilines is 1. The summed E-state index contributed by atoms with van der Waals surface area (Å²) in [5, 5.41) is 9.03. The lowest BCUT2D eigenvalue weighted by molar-refractivity contribution is 0.453. The fourth-order valence-corrected chi connectivity index (χ4v) is 4.80. The molecule has 2 aromatic carbocycles. The van der Waals surface area contributed by atoms with Crippen molar-refractivity contribution >= 4 is 17.0 Å². The van der Waals surface area contributed by atoms with Crippen molar-refractivity contribution in [3.05, 3.63) is 59.7 Å². The maximum Gasteiger partial charge on any atom is 0.206 e. The van der Waals surface area contributed by atoms with Gasteiger partial charge in [0, 0.05) is 19.1 Å². The molecule has 0 amide bonds. The molecule has 3 aromatic rings. The zero-order valence-electron chi connectivity index (χ0n) is 15.3. The molecule has 5 heteroatoms. The van der Waals surface area contributed by atoms with Crippen molar-refractivity contribution in [1.82, 2.24) is 9.55 Å². The zero-order valence-corrected chi connectivity index (χ0v) is 15.3. The van der Waals surface area contributed by atoms with Gasteiger partial charge in [-0.2, -0.15) is 5.26 Å². The molecule has 0 radical (unpaired) electrons. The van der Waals surface area contributed by atoms with Crippen molar-refractivity contribution in [2.45, 2.75) is 25.4 Å². The zero-order chi connectivity index (χ0) is 18.4. The summed E-state index contributed by atoms with van der Waals surface area (Å²) in [5.41, 5.74) is 10.4. The Morgan fingerprint density at radius 3 is 2.67 bits per heavy atom. The van der Waals surface area contributed by atoms with Crippen LogP contribution >= 0.6 is 0 Å². The standard InChI is InChI=1S/C22H23N5/c23-11-15-5-7-16(8-6-15)12-27-21-4-2-1-3-20(21)25-22(27)26-13-17-9-10-19(24)18(17)14-26/h1-8,17-19H,9-10,12-14,24H2. The Balaban J connectivity index is 1.52. The molecule has 0 spiro atoms. The second-order valence-corrected chi connectivity index (χ2v) is 7.87. The van der Waals surface area contributed by atoms with E-state index in [1.165, 1.54) is 12.0 Å². The predicted molar refractivity (Wildman–Crippen MR) is 106 cm³/mol. The van der Waals surface area contributed by atoms with Crippen molar-refractivity contribution in [3.63, 3.8) is 0 Å². The fraction of sp³-hybridized carbons (Fsp3) is 0.364. The molecule has 0 bridgehead atoms. The summed E-state index contributed by atoms with van der Waals surface area (Å²) in [7, 11) is 0. The van der Waals surface area contributed by atoms with E-state index in [9.17, 15) is 0 Å². The molecule has 3 atom stereocenters. The smallest absolute Gasteiger partial charge is 0.206 e. The van der Waals surface area contributed by atoms with Gasteiger partial charge in [0.05, 0.1) is 29.2 Å². The third-order valence-electron chi connectivity index (χ3n) is 6.25. The van der Waals surface area contributed by atoms with E-state index in [1.54, 1.807) is 0 Å². The van der Waals surface area contributed by atoms with Crippen molar-refractivity contribution in [3.8, 4) is 6.07 Å². The highest BCUT2D eigenvalue weighted by Gasteiger charge is 2.42. The number of aromatic nitrogens is 2. The number of para-hydroxylation sites is 2. The Morgan fingerprint density at radius 1 is 1.07 bits per heavy atom. The highest BCUT2D eigenvalue weighted by Crippen LogP contribution is 2.39. The van der Waals surface area contributed by atoms with E-state index in [0.717, 1.165) is 43.0 Å². The molecule has 2 fully saturated rings. The summed E-state index contributed by atoms with van der Waals surface area (Å²) in [6, 6.07) is 18.7. The maximum absolute atomic E-state index is 9.03. The Kier molecular flexibility index (Phi) is 3.87. The van der Waals surface area contributed by atoms with Crippen LogP contribution in [0.2, 0.25) is 0 Å². The molecule has 5 rings (SSSR count).